The first-order valence-electron chi connectivity index (χ1n) is 3.68. The molecule has 5 heteroatoms. The number of thiophene rings is 1. The second-order valence-electron chi connectivity index (χ2n) is 2.65. The predicted molar refractivity (Wildman–Crippen MR) is 51.9 cm³/mol. The summed E-state index contributed by atoms with van der Waals surface area (Å²) in [6, 6.07) is 1.66. The Bertz CT molecular complexity index is 357. The van der Waals surface area contributed by atoms with Crippen molar-refractivity contribution in [3.05, 3.63) is 16.5 Å². The molecule has 4 nitrogen and oxygen atoms in total. The van der Waals surface area contributed by atoms with Crippen molar-refractivity contribution in [1.82, 2.24) is 0 Å². The van der Waals surface area contributed by atoms with Crippen LogP contribution in [0.25, 0.3) is 0 Å². The fourth-order valence-corrected chi connectivity index (χ4v) is 1.91. The van der Waals surface area contributed by atoms with Crippen LogP contribution >= 0.6 is 11.3 Å². The topological polar surface area (TPSA) is 72.2 Å². The van der Waals surface area contributed by atoms with E-state index in [-0.39, 0.29) is 5.91 Å². The average Bonchev–Trinajstić information content (AvgIpc) is 2.29. The van der Waals surface area contributed by atoms with E-state index in [0.29, 0.717) is 10.6 Å². The van der Waals surface area contributed by atoms with Crippen LogP contribution < -0.4 is 11.1 Å². The van der Waals surface area contributed by atoms with Gasteiger partial charge < -0.3 is 11.1 Å². The minimum Gasteiger partial charge on any atom is -0.366 e. The monoisotopic (exact) mass is 198 g/mol. The molecule has 1 rings (SSSR count). The van der Waals surface area contributed by atoms with E-state index in [9.17, 15) is 9.59 Å². The standard InChI is InChI=1S/C8H10N2O2S/c1-4-3-6(7(9)12)8(13-4)10-5(2)11/h3H,1-2H3,(H2,9,12)(H,10,11). The van der Waals surface area contributed by atoms with E-state index in [2.05, 4.69) is 5.32 Å². The summed E-state index contributed by atoms with van der Waals surface area (Å²) in [5.41, 5.74) is 5.49. The first-order valence-corrected chi connectivity index (χ1v) is 4.50. The van der Waals surface area contributed by atoms with Crippen LogP contribution in [0, 0.1) is 6.92 Å². The summed E-state index contributed by atoms with van der Waals surface area (Å²) >= 11 is 1.34. The number of carbonyl (C=O) groups is 2. The normalized spacial score (nSPS) is 9.69. The van der Waals surface area contributed by atoms with Gasteiger partial charge in [0.25, 0.3) is 5.91 Å². The van der Waals surface area contributed by atoms with Crippen molar-refractivity contribution in [1.29, 1.82) is 0 Å². The Balaban J connectivity index is 3.04. The van der Waals surface area contributed by atoms with Gasteiger partial charge in [-0.1, -0.05) is 0 Å². The molecule has 0 atom stereocenters. The first kappa shape index (κ1) is 9.73. The van der Waals surface area contributed by atoms with E-state index < -0.39 is 5.91 Å². The molecule has 13 heavy (non-hydrogen) atoms. The molecule has 0 saturated heterocycles. The maximum atomic E-state index is 10.9. The highest BCUT2D eigenvalue weighted by atomic mass is 32.1. The number of rotatable bonds is 2. The van der Waals surface area contributed by atoms with E-state index in [4.69, 9.17) is 5.73 Å². The van der Waals surface area contributed by atoms with Gasteiger partial charge in [0.15, 0.2) is 0 Å². The predicted octanol–water partition coefficient (Wildman–Crippen LogP) is 1.11. The summed E-state index contributed by atoms with van der Waals surface area (Å²) in [4.78, 5) is 22.6. The summed E-state index contributed by atoms with van der Waals surface area (Å²) in [6.07, 6.45) is 0. The largest absolute Gasteiger partial charge is 0.366 e. The molecule has 1 heterocycles. The number of hydrogen-bond donors (Lipinski definition) is 2. The van der Waals surface area contributed by atoms with Crippen molar-refractivity contribution in [2.75, 3.05) is 5.32 Å². The summed E-state index contributed by atoms with van der Waals surface area (Å²) in [5.74, 6) is -0.725. The molecule has 0 fully saturated rings. The third kappa shape index (κ3) is 2.29. The van der Waals surface area contributed by atoms with Crippen LogP contribution in [0.15, 0.2) is 6.07 Å². The molecule has 0 unspecified atom stereocenters. The van der Waals surface area contributed by atoms with E-state index in [1.807, 2.05) is 6.92 Å². The van der Waals surface area contributed by atoms with Crippen molar-refractivity contribution < 1.29 is 9.59 Å². The molecule has 0 bridgehead atoms. The SMILES string of the molecule is CC(=O)Nc1sc(C)cc1C(N)=O. The zero-order chi connectivity index (χ0) is 10.0. The number of nitrogens with two attached hydrogens (primary N) is 1. The summed E-state index contributed by atoms with van der Waals surface area (Å²) < 4.78 is 0. The maximum absolute atomic E-state index is 10.9. The van der Waals surface area contributed by atoms with Gasteiger partial charge in [-0.3, -0.25) is 9.59 Å². The van der Waals surface area contributed by atoms with Crippen LogP contribution in [-0.4, -0.2) is 11.8 Å². The molecule has 0 aliphatic carbocycles. The molecule has 0 aromatic carbocycles. The Morgan fingerprint density at radius 3 is 2.62 bits per heavy atom. The minimum absolute atomic E-state index is 0.204. The van der Waals surface area contributed by atoms with E-state index >= 15 is 0 Å². The molecular formula is C8H10N2O2S. The molecule has 1 aromatic rings. The lowest BCUT2D eigenvalue weighted by Crippen LogP contribution is -2.14. The highest BCUT2D eigenvalue weighted by Gasteiger charge is 2.12. The summed E-state index contributed by atoms with van der Waals surface area (Å²) in [5, 5.41) is 3.08. The van der Waals surface area contributed by atoms with Crippen molar-refractivity contribution in [3.63, 3.8) is 0 Å². The molecule has 0 spiro atoms. The van der Waals surface area contributed by atoms with Crippen molar-refractivity contribution >= 4 is 28.2 Å². The van der Waals surface area contributed by atoms with Crippen molar-refractivity contribution in [3.8, 4) is 0 Å². The molecule has 2 amide bonds. The number of amides is 2. The number of aryl methyl sites for hydroxylation is 1. The Labute approximate surface area is 79.7 Å². The zero-order valence-corrected chi connectivity index (χ0v) is 8.20. The highest BCUT2D eigenvalue weighted by molar-refractivity contribution is 7.16. The van der Waals surface area contributed by atoms with Gasteiger partial charge in [-0.25, -0.2) is 0 Å². The quantitative estimate of drug-likeness (QED) is 0.747. The lowest BCUT2D eigenvalue weighted by Gasteiger charge is -1.98. The molecular weight excluding hydrogens is 188 g/mol. The fraction of sp³-hybridized carbons (Fsp3) is 0.250. The molecule has 0 radical (unpaired) electrons. The number of anilines is 1. The Morgan fingerprint density at radius 2 is 2.15 bits per heavy atom. The van der Waals surface area contributed by atoms with E-state index in [1.54, 1.807) is 6.07 Å². The fourth-order valence-electron chi connectivity index (χ4n) is 0.950. The van der Waals surface area contributed by atoms with Gasteiger partial charge in [0.1, 0.15) is 5.00 Å². The van der Waals surface area contributed by atoms with Gasteiger partial charge in [-0.05, 0) is 13.0 Å². The van der Waals surface area contributed by atoms with Crippen LogP contribution in [0.2, 0.25) is 0 Å². The molecule has 0 aliphatic heterocycles. The van der Waals surface area contributed by atoms with Crippen LogP contribution in [0.5, 0.6) is 0 Å². The average molecular weight is 198 g/mol. The lowest BCUT2D eigenvalue weighted by molar-refractivity contribution is -0.114. The van der Waals surface area contributed by atoms with Gasteiger partial charge >= 0.3 is 0 Å². The molecule has 70 valence electrons. The number of primary amides is 1. The van der Waals surface area contributed by atoms with E-state index in [1.165, 1.54) is 18.3 Å². The number of nitrogens with one attached hydrogen (secondary N) is 1. The minimum atomic E-state index is -0.520. The van der Waals surface area contributed by atoms with Crippen LogP contribution in [-0.2, 0) is 4.79 Å². The lowest BCUT2D eigenvalue weighted by atomic mass is 10.3. The second kappa shape index (κ2) is 3.57. The van der Waals surface area contributed by atoms with Gasteiger partial charge in [0.05, 0.1) is 5.56 Å². The Hall–Kier alpha value is -1.36. The van der Waals surface area contributed by atoms with Crippen molar-refractivity contribution in [2.45, 2.75) is 13.8 Å². The van der Waals surface area contributed by atoms with E-state index in [0.717, 1.165) is 4.88 Å². The van der Waals surface area contributed by atoms with Gasteiger partial charge in [-0.2, -0.15) is 0 Å². The van der Waals surface area contributed by atoms with Crippen molar-refractivity contribution in [2.24, 2.45) is 5.73 Å². The second-order valence-corrected chi connectivity index (χ2v) is 3.90. The molecule has 0 aliphatic rings. The van der Waals surface area contributed by atoms with Crippen LogP contribution in [0.4, 0.5) is 5.00 Å². The smallest absolute Gasteiger partial charge is 0.251 e. The van der Waals surface area contributed by atoms with Gasteiger partial charge in [-0.15, -0.1) is 11.3 Å². The molecule has 0 saturated carbocycles. The van der Waals surface area contributed by atoms with Crippen LogP contribution in [0.3, 0.4) is 0 Å². The van der Waals surface area contributed by atoms with Gasteiger partial charge in [0, 0.05) is 11.8 Å². The summed E-state index contributed by atoms with van der Waals surface area (Å²) in [7, 11) is 0. The third-order valence-electron chi connectivity index (χ3n) is 1.41. The van der Waals surface area contributed by atoms with Gasteiger partial charge in [0.2, 0.25) is 5.91 Å². The first-order chi connectivity index (χ1) is 6.00. The summed E-state index contributed by atoms with van der Waals surface area (Å²) in [6.45, 7) is 3.24. The third-order valence-corrected chi connectivity index (χ3v) is 2.38. The zero-order valence-electron chi connectivity index (χ0n) is 7.38. The highest BCUT2D eigenvalue weighted by Crippen LogP contribution is 2.26. The van der Waals surface area contributed by atoms with Crippen LogP contribution in [0.1, 0.15) is 22.2 Å². The number of hydrogen-bond acceptors (Lipinski definition) is 3. The Morgan fingerprint density at radius 1 is 1.54 bits per heavy atom. The molecule has 3 N–H and O–H groups in total. The maximum Gasteiger partial charge on any atom is 0.251 e. The molecule has 1 aromatic heterocycles. The number of carbonyl (C=O) groups excluding carboxylic acids is 2. The Kier molecular flexibility index (Phi) is 2.67.